The van der Waals surface area contributed by atoms with E-state index in [1.807, 2.05) is 37.4 Å². The van der Waals surface area contributed by atoms with Gasteiger partial charge in [0.05, 0.1) is 39.0 Å². The van der Waals surface area contributed by atoms with Crippen molar-refractivity contribution >= 4 is 16.6 Å². The second kappa shape index (κ2) is 8.05. The lowest BCUT2D eigenvalue weighted by molar-refractivity contribution is -0.904. The summed E-state index contributed by atoms with van der Waals surface area (Å²) < 4.78 is 21.6. The van der Waals surface area contributed by atoms with E-state index in [9.17, 15) is 9.50 Å². The third-order valence-electron chi connectivity index (χ3n) is 6.23. The number of para-hydroxylation sites is 1. The Morgan fingerprint density at radius 3 is 2.59 bits per heavy atom. The van der Waals surface area contributed by atoms with Gasteiger partial charge in [-0.2, -0.15) is 0 Å². The number of aliphatic hydroxyl groups is 1. The average molecular weight is 399 g/mol. The molecule has 1 aliphatic rings. The number of benzene rings is 2. The van der Waals surface area contributed by atoms with Gasteiger partial charge in [-0.15, -0.1) is 0 Å². The van der Waals surface area contributed by atoms with Crippen molar-refractivity contribution in [3.8, 4) is 5.75 Å². The fourth-order valence-corrected chi connectivity index (χ4v) is 4.48. The van der Waals surface area contributed by atoms with Crippen molar-refractivity contribution in [3.05, 3.63) is 59.5 Å². The van der Waals surface area contributed by atoms with E-state index in [2.05, 4.69) is 16.4 Å². The minimum atomic E-state index is -0.555. The molecule has 5 nitrogen and oxygen atoms in total. The average Bonchev–Trinajstić information content (AvgIpc) is 2.99. The Kier molecular flexibility index (Phi) is 5.48. The van der Waals surface area contributed by atoms with Gasteiger partial charge in [0.25, 0.3) is 0 Å². The van der Waals surface area contributed by atoms with Crippen LogP contribution < -0.4 is 14.5 Å². The Morgan fingerprint density at radius 2 is 1.90 bits per heavy atom. The highest BCUT2D eigenvalue weighted by molar-refractivity contribution is 5.87. The molecule has 0 amide bonds. The normalized spacial score (nSPS) is 16.4. The molecule has 0 bridgehead atoms. The number of nitrogens with zero attached hydrogens (tertiary/aromatic N) is 2. The van der Waals surface area contributed by atoms with Crippen LogP contribution in [0.5, 0.6) is 5.75 Å². The number of rotatable bonds is 5. The molecule has 1 aliphatic heterocycles. The molecule has 0 spiro atoms. The zero-order valence-electron chi connectivity index (χ0n) is 17.3. The van der Waals surface area contributed by atoms with Crippen molar-refractivity contribution in [2.75, 3.05) is 44.7 Å². The van der Waals surface area contributed by atoms with Crippen LogP contribution in [0.2, 0.25) is 0 Å². The second-order valence-electron chi connectivity index (χ2n) is 7.85. The van der Waals surface area contributed by atoms with Crippen LogP contribution >= 0.6 is 0 Å². The summed E-state index contributed by atoms with van der Waals surface area (Å²) in [6, 6.07) is 12.9. The number of nitrogens with one attached hydrogen (secondary N) is 1. The summed E-state index contributed by atoms with van der Waals surface area (Å²) in [6.07, 6.45) is -0.555. The fraction of sp³-hybridized carbons (Fsp3) is 0.391. The molecule has 2 aromatic carbocycles. The SMILES string of the molecule is COc1ccc2c(c1)c([C@@H](O)C[NH+]1CCN(c3ccccc3F)CC1)c(C)n2C. The number of methoxy groups -OCH3 is 1. The number of aromatic nitrogens is 1. The number of aryl methyl sites for hydroxylation is 1. The Morgan fingerprint density at radius 1 is 1.17 bits per heavy atom. The molecule has 0 saturated carbocycles. The van der Waals surface area contributed by atoms with Crippen LogP contribution in [0.15, 0.2) is 42.5 Å². The van der Waals surface area contributed by atoms with Crippen LogP contribution in [-0.4, -0.2) is 49.5 Å². The lowest BCUT2D eigenvalue weighted by Gasteiger charge is -2.34. The molecule has 0 unspecified atom stereocenters. The summed E-state index contributed by atoms with van der Waals surface area (Å²) in [4.78, 5) is 3.43. The molecule has 0 aliphatic carbocycles. The highest BCUT2D eigenvalue weighted by atomic mass is 19.1. The fourth-order valence-electron chi connectivity index (χ4n) is 4.48. The topological polar surface area (TPSA) is 42.1 Å². The molecule has 6 heteroatoms. The molecule has 154 valence electrons. The number of ether oxygens (including phenoxy) is 1. The number of halogens is 1. The standard InChI is InChI=1S/C23H28FN3O2/c1-16-23(18-14-17(29-3)8-9-20(18)25(16)2)22(28)15-26-10-12-27(13-11-26)21-7-5-4-6-19(21)24/h4-9,14,22,28H,10-13,15H2,1-3H3/p+1/t22-/m0/s1. The molecule has 0 radical (unpaired) electrons. The van der Waals surface area contributed by atoms with E-state index < -0.39 is 6.10 Å². The third-order valence-corrected chi connectivity index (χ3v) is 6.23. The van der Waals surface area contributed by atoms with Crippen LogP contribution in [0.25, 0.3) is 10.9 Å². The Labute approximate surface area is 170 Å². The molecule has 4 rings (SSSR count). The van der Waals surface area contributed by atoms with Gasteiger partial charge < -0.3 is 24.2 Å². The summed E-state index contributed by atoms with van der Waals surface area (Å²) >= 11 is 0. The first kappa shape index (κ1) is 19.7. The summed E-state index contributed by atoms with van der Waals surface area (Å²) in [5.74, 6) is 0.624. The first-order chi connectivity index (χ1) is 14.0. The third kappa shape index (κ3) is 3.70. The van der Waals surface area contributed by atoms with Crippen molar-refractivity contribution in [1.29, 1.82) is 0 Å². The summed E-state index contributed by atoms with van der Waals surface area (Å²) in [7, 11) is 3.69. The van der Waals surface area contributed by atoms with Gasteiger partial charge in [0.15, 0.2) is 0 Å². The number of anilines is 1. The van der Waals surface area contributed by atoms with Gasteiger partial charge in [0.2, 0.25) is 0 Å². The number of hydrogen-bond donors (Lipinski definition) is 2. The number of fused-ring (bicyclic) bond motifs is 1. The Balaban J connectivity index is 1.49. The van der Waals surface area contributed by atoms with Gasteiger partial charge in [0, 0.05) is 29.2 Å². The van der Waals surface area contributed by atoms with Crippen molar-refractivity contribution in [3.63, 3.8) is 0 Å². The van der Waals surface area contributed by atoms with Crippen LogP contribution in [0, 0.1) is 12.7 Å². The second-order valence-corrected chi connectivity index (χ2v) is 7.85. The van der Waals surface area contributed by atoms with Crippen LogP contribution in [0.4, 0.5) is 10.1 Å². The van der Waals surface area contributed by atoms with Crippen LogP contribution in [0.3, 0.4) is 0 Å². The lowest BCUT2D eigenvalue weighted by atomic mass is 10.0. The largest absolute Gasteiger partial charge is 0.497 e. The van der Waals surface area contributed by atoms with E-state index in [1.165, 1.54) is 11.0 Å². The molecular formula is C23H29FN3O2+. The summed E-state index contributed by atoms with van der Waals surface area (Å²) in [5.41, 5.74) is 3.82. The van der Waals surface area contributed by atoms with Gasteiger partial charge in [0.1, 0.15) is 24.2 Å². The van der Waals surface area contributed by atoms with Crippen LogP contribution in [-0.2, 0) is 7.05 Å². The molecule has 29 heavy (non-hydrogen) atoms. The number of hydrogen-bond acceptors (Lipinski definition) is 3. The van der Waals surface area contributed by atoms with Gasteiger partial charge in [-0.1, -0.05) is 12.1 Å². The van der Waals surface area contributed by atoms with Crippen molar-refractivity contribution in [1.82, 2.24) is 4.57 Å². The molecule has 1 saturated heterocycles. The van der Waals surface area contributed by atoms with Gasteiger partial charge in [-0.3, -0.25) is 0 Å². The zero-order valence-corrected chi connectivity index (χ0v) is 17.3. The molecule has 1 atom stereocenters. The molecule has 3 aromatic rings. The van der Waals surface area contributed by atoms with E-state index in [0.29, 0.717) is 12.2 Å². The summed E-state index contributed by atoms with van der Waals surface area (Å²) in [6.45, 7) is 6.01. The lowest BCUT2D eigenvalue weighted by Crippen LogP contribution is -3.15. The van der Waals surface area contributed by atoms with E-state index in [-0.39, 0.29) is 5.82 Å². The minimum absolute atomic E-state index is 0.170. The van der Waals surface area contributed by atoms with Crippen molar-refractivity contribution in [2.24, 2.45) is 7.05 Å². The monoisotopic (exact) mass is 398 g/mol. The van der Waals surface area contributed by atoms with Crippen LogP contribution in [0.1, 0.15) is 17.4 Å². The van der Waals surface area contributed by atoms with Gasteiger partial charge >= 0.3 is 0 Å². The van der Waals surface area contributed by atoms with E-state index in [1.54, 1.807) is 13.2 Å². The van der Waals surface area contributed by atoms with E-state index in [0.717, 1.165) is 54.1 Å². The zero-order chi connectivity index (χ0) is 20.5. The molecule has 1 fully saturated rings. The molecule has 2 heterocycles. The number of aliphatic hydroxyl groups excluding tert-OH is 1. The highest BCUT2D eigenvalue weighted by Crippen LogP contribution is 2.32. The predicted octanol–water partition coefficient (Wildman–Crippen LogP) is 2.07. The van der Waals surface area contributed by atoms with Gasteiger partial charge in [-0.05, 0) is 37.3 Å². The molecule has 1 aromatic heterocycles. The predicted molar refractivity (Wildman–Crippen MR) is 113 cm³/mol. The van der Waals surface area contributed by atoms with Crippen molar-refractivity contribution in [2.45, 2.75) is 13.0 Å². The van der Waals surface area contributed by atoms with E-state index >= 15 is 0 Å². The van der Waals surface area contributed by atoms with E-state index in [4.69, 9.17) is 4.74 Å². The maximum atomic E-state index is 14.1. The first-order valence-electron chi connectivity index (χ1n) is 10.1. The minimum Gasteiger partial charge on any atom is -0.497 e. The summed E-state index contributed by atoms with van der Waals surface area (Å²) in [5, 5.41) is 12.1. The number of quaternary nitrogens is 1. The molecule has 2 N–H and O–H groups in total. The number of piperazine rings is 1. The first-order valence-corrected chi connectivity index (χ1v) is 10.1. The highest BCUT2D eigenvalue weighted by Gasteiger charge is 2.27. The molecular weight excluding hydrogens is 369 g/mol. The Bertz CT molecular complexity index is 1010. The van der Waals surface area contributed by atoms with Gasteiger partial charge in [-0.25, -0.2) is 4.39 Å². The maximum absolute atomic E-state index is 14.1. The quantitative estimate of drug-likeness (QED) is 0.692. The smallest absolute Gasteiger partial charge is 0.146 e. The van der Waals surface area contributed by atoms with Crippen molar-refractivity contribution < 1.29 is 19.1 Å². The Hall–Kier alpha value is -2.57. The maximum Gasteiger partial charge on any atom is 0.146 e.